The maximum Gasteiger partial charge on any atom is 0.254 e. The van der Waals surface area contributed by atoms with E-state index in [1.54, 1.807) is 37.3 Å². The van der Waals surface area contributed by atoms with Crippen molar-refractivity contribution >= 4 is 29.0 Å². The number of methoxy groups -OCH3 is 2. The molecule has 0 radical (unpaired) electrons. The first-order chi connectivity index (χ1) is 15.1. The zero-order valence-electron chi connectivity index (χ0n) is 18.0. The van der Waals surface area contributed by atoms with Gasteiger partial charge in [0.05, 0.1) is 20.3 Å². The summed E-state index contributed by atoms with van der Waals surface area (Å²) in [7, 11) is 3.26. The van der Waals surface area contributed by atoms with Crippen LogP contribution in [0.5, 0.6) is 11.5 Å². The Kier molecular flexibility index (Phi) is 6.83. The van der Waals surface area contributed by atoms with Crippen molar-refractivity contribution in [2.45, 2.75) is 35.9 Å². The van der Waals surface area contributed by atoms with Gasteiger partial charge in [0.2, 0.25) is 0 Å². The van der Waals surface area contributed by atoms with Gasteiger partial charge in [-0.25, -0.2) is 4.98 Å². The third-order valence-corrected chi connectivity index (χ3v) is 7.68. The van der Waals surface area contributed by atoms with Gasteiger partial charge in [-0.15, -0.1) is 11.3 Å². The lowest BCUT2D eigenvalue weighted by atomic mass is 10.0. The monoisotopic (exact) mass is 454 g/mol. The normalized spacial score (nSPS) is 15.8. The molecule has 1 atom stereocenters. The molecule has 1 aliphatic heterocycles. The molecule has 3 aromatic rings. The van der Waals surface area contributed by atoms with Crippen molar-refractivity contribution in [2.75, 3.05) is 20.8 Å². The average molecular weight is 455 g/mol. The molecule has 5 nitrogen and oxygen atoms in total. The molecule has 0 spiro atoms. The average Bonchev–Trinajstić information content (AvgIpc) is 3.46. The van der Waals surface area contributed by atoms with E-state index in [4.69, 9.17) is 9.47 Å². The molecule has 0 saturated carbocycles. The summed E-state index contributed by atoms with van der Waals surface area (Å²) in [6.45, 7) is 2.77. The van der Waals surface area contributed by atoms with Crippen LogP contribution >= 0.6 is 23.1 Å². The van der Waals surface area contributed by atoms with Crippen molar-refractivity contribution in [1.29, 1.82) is 0 Å². The SMILES string of the molecule is COc1ccc(C2CCCN2C(=O)c2ccc(CSc3nc(C)cs3)cc2)cc1OC. The van der Waals surface area contributed by atoms with Gasteiger partial charge in [0, 0.05) is 28.9 Å². The second-order valence-electron chi connectivity index (χ2n) is 7.51. The van der Waals surface area contributed by atoms with Gasteiger partial charge in [-0.05, 0) is 55.2 Å². The number of likely N-dealkylation sites (tertiary alicyclic amines) is 1. The molecule has 1 unspecified atom stereocenters. The Hall–Kier alpha value is -2.51. The van der Waals surface area contributed by atoms with Gasteiger partial charge in [0.25, 0.3) is 5.91 Å². The van der Waals surface area contributed by atoms with Gasteiger partial charge in [-0.2, -0.15) is 0 Å². The number of hydrogen-bond acceptors (Lipinski definition) is 6. The van der Waals surface area contributed by atoms with E-state index < -0.39 is 0 Å². The number of hydrogen-bond donors (Lipinski definition) is 0. The largest absolute Gasteiger partial charge is 0.493 e. The number of carbonyl (C=O) groups is 1. The van der Waals surface area contributed by atoms with E-state index in [1.165, 1.54) is 5.56 Å². The highest BCUT2D eigenvalue weighted by atomic mass is 32.2. The third-order valence-electron chi connectivity index (χ3n) is 5.47. The van der Waals surface area contributed by atoms with Crippen LogP contribution in [0.25, 0.3) is 0 Å². The summed E-state index contributed by atoms with van der Waals surface area (Å²) in [5.41, 5.74) is 4.05. The molecule has 2 heterocycles. The van der Waals surface area contributed by atoms with Crippen LogP contribution in [0, 0.1) is 6.92 Å². The molecule has 1 amide bonds. The highest BCUT2D eigenvalue weighted by Crippen LogP contribution is 2.37. The van der Waals surface area contributed by atoms with E-state index in [9.17, 15) is 4.79 Å². The Labute approximate surface area is 191 Å². The van der Waals surface area contributed by atoms with Crippen molar-refractivity contribution in [3.63, 3.8) is 0 Å². The number of aryl methyl sites for hydroxylation is 1. The van der Waals surface area contributed by atoms with Crippen LogP contribution in [0.3, 0.4) is 0 Å². The summed E-state index contributed by atoms with van der Waals surface area (Å²) < 4.78 is 11.9. The Bertz CT molecular complexity index is 1050. The van der Waals surface area contributed by atoms with Crippen LogP contribution in [-0.4, -0.2) is 36.6 Å². The van der Waals surface area contributed by atoms with Gasteiger partial charge >= 0.3 is 0 Å². The molecule has 31 heavy (non-hydrogen) atoms. The van der Waals surface area contributed by atoms with Crippen LogP contribution in [-0.2, 0) is 5.75 Å². The molecule has 1 aliphatic rings. The molecule has 0 aliphatic carbocycles. The number of benzene rings is 2. The minimum absolute atomic E-state index is 0.0516. The first-order valence-corrected chi connectivity index (χ1v) is 12.1. The number of thioether (sulfide) groups is 1. The number of ether oxygens (including phenoxy) is 2. The molecule has 4 rings (SSSR count). The summed E-state index contributed by atoms with van der Waals surface area (Å²) in [4.78, 5) is 19.7. The Morgan fingerprint density at radius 3 is 2.61 bits per heavy atom. The van der Waals surface area contributed by atoms with Crippen LogP contribution in [0.2, 0.25) is 0 Å². The van der Waals surface area contributed by atoms with Crippen molar-refractivity contribution in [3.05, 3.63) is 70.2 Å². The van der Waals surface area contributed by atoms with Crippen molar-refractivity contribution in [1.82, 2.24) is 9.88 Å². The predicted molar refractivity (Wildman–Crippen MR) is 125 cm³/mol. The maximum atomic E-state index is 13.3. The quantitative estimate of drug-likeness (QED) is 0.426. The molecule has 1 saturated heterocycles. The fourth-order valence-electron chi connectivity index (χ4n) is 3.87. The summed E-state index contributed by atoms with van der Waals surface area (Å²) in [6, 6.07) is 13.9. The van der Waals surface area contributed by atoms with Crippen LogP contribution < -0.4 is 9.47 Å². The van der Waals surface area contributed by atoms with Crippen LogP contribution in [0.1, 0.15) is 46.1 Å². The van der Waals surface area contributed by atoms with E-state index in [-0.39, 0.29) is 11.9 Å². The van der Waals surface area contributed by atoms with E-state index in [0.29, 0.717) is 11.5 Å². The van der Waals surface area contributed by atoms with Crippen molar-refractivity contribution in [2.24, 2.45) is 0 Å². The van der Waals surface area contributed by atoms with Crippen molar-refractivity contribution < 1.29 is 14.3 Å². The van der Waals surface area contributed by atoms with E-state index in [0.717, 1.165) is 46.3 Å². The number of aromatic nitrogens is 1. The number of nitrogens with zero attached hydrogens (tertiary/aromatic N) is 2. The second-order valence-corrected chi connectivity index (χ2v) is 9.59. The summed E-state index contributed by atoms with van der Waals surface area (Å²) in [5.74, 6) is 2.31. The van der Waals surface area contributed by atoms with Gasteiger partial charge < -0.3 is 14.4 Å². The minimum atomic E-state index is 0.0516. The van der Waals surface area contributed by atoms with Gasteiger partial charge in [0.1, 0.15) is 4.34 Å². The summed E-state index contributed by atoms with van der Waals surface area (Å²) >= 11 is 3.40. The molecule has 0 bridgehead atoms. The predicted octanol–water partition coefficient (Wildman–Crippen LogP) is 5.74. The Balaban J connectivity index is 1.45. The number of thiazole rings is 1. The van der Waals surface area contributed by atoms with E-state index in [2.05, 4.69) is 10.4 Å². The minimum Gasteiger partial charge on any atom is -0.493 e. The standard InChI is InChI=1S/C24H26N2O3S2/c1-16-14-30-24(25-16)31-15-17-6-8-18(9-7-17)23(27)26-12-4-5-20(26)19-10-11-21(28-2)22(13-19)29-3/h6-11,13-14,20H,4-5,12,15H2,1-3H3. The van der Waals surface area contributed by atoms with Crippen molar-refractivity contribution in [3.8, 4) is 11.5 Å². The fraction of sp³-hybridized carbons (Fsp3) is 0.333. The highest BCUT2D eigenvalue weighted by Gasteiger charge is 2.31. The number of rotatable bonds is 7. The maximum absolute atomic E-state index is 13.3. The first kappa shape index (κ1) is 21.7. The summed E-state index contributed by atoms with van der Waals surface area (Å²) in [5, 5.41) is 2.06. The molecule has 1 fully saturated rings. The summed E-state index contributed by atoms with van der Waals surface area (Å²) in [6.07, 6.45) is 1.94. The molecule has 162 valence electrons. The second kappa shape index (κ2) is 9.75. The first-order valence-electron chi connectivity index (χ1n) is 10.3. The molecular weight excluding hydrogens is 428 g/mol. The lowest BCUT2D eigenvalue weighted by molar-refractivity contribution is 0.0735. The van der Waals surface area contributed by atoms with Gasteiger partial charge in [-0.1, -0.05) is 30.0 Å². The van der Waals surface area contributed by atoms with Gasteiger partial charge in [-0.3, -0.25) is 4.79 Å². The highest BCUT2D eigenvalue weighted by molar-refractivity contribution is 8.00. The molecule has 7 heteroatoms. The zero-order valence-corrected chi connectivity index (χ0v) is 19.6. The lowest BCUT2D eigenvalue weighted by Gasteiger charge is -2.26. The molecule has 1 aromatic heterocycles. The zero-order chi connectivity index (χ0) is 21.8. The van der Waals surface area contributed by atoms with Gasteiger partial charge in [0.15, 0.2) is 11.5 Å². The Morgan fingerprint density at radius 1 is 1.16 bits per heavy atom. The number of carbonyl (C=O) groups excluding carboxylic acids is 1. The van der Waals surface area contributed by atoms with E-state index >= 15 is 0 Å². The topological polar surface area (TPSA) is 51.7 Å². The van der Waals surface area contributed by atoms with Crippen LogP contribution in [0.15, 0.2) is 52.2 Å². The van der Waals surface area contributed by atoms with E-state index in [1.807, 2.05) is 54.3 Å². The lowest BCUT2D eigenvalue weighted by Crippen LogP contribution is -2.30. The smallest absolute Gasteiger partial charge is 0.254 e. The van der Waals surface area contributed by atoms with Crippen LogP contribution in [0.4, 0.5) is 0 Å². The molecule has 2 aromatic carbocycles. The number of amides is 1. The molecule has 0 N–H and O–H groups in total. The Morgan fingerprint density at radius 2 is 1.94 bits per heavy atom. The fourth-order valence-corrected chi connectivity index (χ4v) is 5.67. The molecular formula is C24H26N2O3S2. The third kappa shape index (κ3) is 4.88.